The fourth-order valence-electron chi connectivity index (χ4n) is 2.32. The van der Waals surface area contributed by atoms with Gasteiger partial charge in [-0.05, 0) is 17.5 Å². The molecular formula is C17H18N2O5. The van der Waals surface area contributed by atoms with Crippen molar-refractivity contribution in [1.82, 2.24) is 5.32 Å². The van der Waals surface area contributed by atoms with Gasteiger partial charge in [0.2, 0.25) is 0 Å². The molecule has 0 bridgehead atoms. The largest absolute Gasteiger partial charge is 0.479 e. The highest BCUT2D eigenvalue weighted by Gasteiger charge is 2.25. The molecule has 0 spiro atoms. The Morgan fingerprint density at radius 1 is 1.08 bits per heavy atom. The average Bonchev–Trinajstić information content (AvgIpc) is 2.59. The van der Waals surface area contributed by atoms with Crippen LogP contribution >= 0.6 is 0 Å². The van der Waals surface area contributed by atoms with E-state index < -0.39 is 23.0 Å². The summed E-state index contributed by atoms with van der Waals surface area (Å²) in [6.07, 6.45) is -1.35. The second kappa shape index (κ2) is 8.19. The van der Waals surface area contributed by atoms with E-state index in [1.54, 1.807) is 12.1 Å². The maximum Gasteiger partial charge on any atom is 0.334 e. The molecule has 2 atom stereocenters. The van der Waals surface area contributed by atoms with Gasteiger partial charge in [0.25, 0.3) is 5.69 Å². The molecule has 2 aromatic rings. The van der Waals surface area contributed by atoms with Crippen LogP contribution in [0, 0.1) is 10.1 Å². The monoisotopic (exact) mass is 330 g/mol. The zero-order valence-corrected chi connectivity index (χ0v) is 12.8. The first kappa shape index (κ1) is 17.6. The van der Waals surface area contributed by atoms with Crippen LogP contribution in [0.3, 0.4) is 0 Å². The number of carboxylic acids is 1. The number of nitrogens with zero attached hydrogens (tertiary/aromatic N) is 1. The van der Waals surface area contributed by atoms with Crippen LogP contribution in [0.5, 0.6) is 0 Å². The second-order valence-electron chi connectivity index (χ2n) is 5.38. The van der Waals surface area contributed by atoms with E-state index >= 15 is 0 Å². The van der Waals surface area contributed by atoms with Crippen molar-refractivity contribution < 1.29 is 19.9 Å². The van der Waals surface area contributed by atoms with Gasteiger partial charge in [-0.2, -0.15) is 0 Å². The maximum absolute atomic E-state index is 11.1. The van der Waals surface area contributed by atoms with Crippen LogP contribution in [0.25, 0.3) is 0 Å². The molecule has 0 aliphatic carbocycles. The number of nitrogens with one attached hydrogen (secondary N) is 1. The third-order valence-electron chi connectivity index (χ3n) is 3.65. The first-order valence-corrected chi connectivity index (χ1v) is 7.39. The number of carbonyl (C=O) groups is 1. The summed E-state index contributed by atoms with van der Waals surface area (Å²) < 4.78 is 0. The van der Waals surface area contributed by atoms with E-state index in [-0.39, 0.29) is 12.1 Å². The lowest BCUT2D eigenvalue weighted by Crippen LogP contribution is -2.45. The zero-order chi connectivity index (χ0) is 17.5. The summed E-state index contributed by atoms with van der Waals surface area (Å²) in [7, 11) is 0. The smallest absolute Gasteiger partial charge is 0.334 e. The molecule has 0 saturated carbocycles. The van der Waals surface area contributed by atoms with E-state index in [1.165, 1.54) is 12.1 Å². The summed E-state index contributed by atoms with van der Waals surface area (Å²) in [5.74, 6) is -1.32. The number of nitro benzene ring substituents is 1. The average molecular weight is 330 g/mol. The number of nitro groups is 1. The van der Waals surface area contributed by atoms with Gasteiger partial charge in [0.1, 0.15) is 0 Å². The summed E-state index contributed by atoms with van der Waals surface area (Å²) in [6, 6.07) is 14.5. The van der Waals surface area contributed by atoms with E-state index in [1.807, 2.05) is 30.3 Å². The minimum absolute atomic E-state index is 0.0358. The predicted molar refractivity (Wildman–Crippen MR) is 87.5 cm³/mol. The van der Waals surface area contributed by atoms with E-state index in [0.717, 1.165) is 5.56 Å². The van der Waals surface area contributed by atoms with Crippen LogP contribution in [0.2, 0.25) is 0 Å². The molecule has 0 aromatic heterocycles. The van der Waals surface area contributed by atoms with E-state index in [2.05, 4.69) is 5.32 Å². The molecule has 7 nitrogen and oxygen atoms in total. The van der Waals surface area contributed by atoms with Gasteiger partial charge in [-0.3, -0.25) is 10.1 Å². The number of hydrogen-bond donors (Lipinski definition) is 3. The number of benzene rings is 2. The van der Waals surface area contributed by atoms with Crippen LogP contribution in [-0.4, -0.2) is 33.3 Å². The summed E-state index contributed by atoms with van der Waals surface area (Å²) >= 11 is 0. The van der Waals surface area contributed by atoms with Crippen molar-refractivity contribution in [3.05, 3.63) is 75.8 Å². The lowest BCUT2D eigenvalue weighted by Gasteiger charge is -2.21. The molecule has 0 aliphatic heterocycles. The summed E-state index contributed by atoms with van der Waals surface area (Å²) in [5.41, 5.74) is 1.63. The third kappa shape index (κ3) is 4.87. The van der Waals surface area contributed by atoms with Crippen molar-refractivity contribution in [2.75, 3.05) is 0 Å². The molecule has 3 N–H and O–H groups in total. The van der Waals surface area contributed by atoms with Crippen LogP contribution < -0.4 is 5.32 Å². The number of non-ortho nitro benzene ring substituents is 1. The Morgan fingerprint density at radius 2 is 1.71 bits per heavy atom. The Labute approximate surface area is 138 Å². The highest BCUT2D eigenvalue weighted by Crippen LogP contribution is 2.14. The minimum Gasteiger partial charge on any atom is -0.479 e. The first-order valence-electron chi connectivity index (χ1n) is 7.39. The van der Waals surface area contributed by atoms with Crippen LogP contribution in [-0.2, 0) is 17.8 Å². The van der Waals surface area contributed by atoms with Crippen molar-refractivity contribution in [2.24, 2.45) is 0 Å². The van der Waals surface area contributed by atoms with Crippen LogP contribution in [0.1, 0.15) is 11.1 Å². The number of carboxylic acid groups (broad SMARTS) is 1. The van der Waals surface area contributed by atoms with Gasteiger partial charge in [-0.25, -0.2) is 4.79 Å². The van der Waals surface area contributed by atoms with Gasteiger partial charge in [0, 0.05) is 24.7 Å². The molecule has 24 heavy (non-hydrogen) atoms. The third-order valence-corrected chi connectivity index (χ3v) is 3.65. The highest BCUT2D eigenvalue weighted by atomic mass is 16.6. The molecule has 2 aromatic carbocycles. The van der Waals surface area contributed by atoms with Crippen molar-refractivity contribution >= 4 is 11.7 Å². The number of hydrogen-bond acceptors (Lipinski definition) is 5. The summed E-state index contributed by atoms with van der Waals surface area (Å²) in [6.45, 7) is 0.406. The van der Waals surface area contributed by atoms with Gasteiger partial charge in [0.15, 0.2) is 6.10 Å². The quantitative estimate of drug-likeness (QED) is 0.502. The molecule has 0 heterocycles. The fourth-order valence-corrected chi connectivity index (χ4v) is 2.32. The van der Waals surface area contributed by atoms with Gasteiger partial charge in [-0.15, -0.1) is 0 Å². The molecule has 2 unspecified atom stereocenters. The maximum atomic E-state index is 11.1. The van der Waals surface area contributed by atoms with Gasteiger partial charge >= 0.3 is 5.97 Å². The number of aliphatic hydroxyl groups excluding tert-OH is 1. The second-order valence-corrected chi connectivity index (χ2v) is 5.38. The lowest BCUT2D eigenvalue weighted by molar-refractivity contribution is -0.384. The topological polar surface area (TPSA) is 113 Å². The molecule has 0 aliphatic rings. The Morgan fingerprint density at radius 3 is 2.25 bits per heavy atom. The Balaban J connectivity index is 2.08. The van der Waals surface area contributed by atoms with Crippen molar-refractivity contribution in [3.63, 3.8) is 0 Å². The molecular weight excluding hydrogens is 312 g/mol. The predicted octanol–water partition coefficient (Wildman–Crippen LogP) is 1.74. The van der Waals surface area contributed by atoms with E-state index in [9.17, 15) is 20.0 Å². The molecule has 126 valence electrons. The highest BCUT2D eigenvalue weighted by molar-refractivity contribution is 5.73. The molecule has 0 fully saturated rings. The van der Waals surface area contributed by atoms with Crippen molar-refractivity contribution in [3.8, 4) is 0 Å². The SMILES string of the molecule is O=C(O)C(O)C(Cc1ccc([N+](=O)[O-])cc1)NCc1ccccc1. The number of aliphatic carboxylic acids is 1. The lowest BCUT2D eigenvalue weighted by atomic mass is 10.0. The van der Waals surface area contributed by atoms with Crippen LogP contribution in [0.4, 0.5) is 5.69 Å². The minimum atomic E-state index is -1.58. The molecule has 0 radical (unpaired) electrons. The van der Waals surface area contributed by atoms with Gasteiger partial charge in [0.05, 0.1) is 4.92 Å². The molecule has 2 rings (SSSR count). The molecule has 0 saturated heterocycles. The summed E-state index contributed by atoms with van der Waals surface area (Å²) in [4.78, 5) is 21.3. The van der Waals surface area contributed by atoms with Gasteiger partial charge < -0.3 is 15.5 Å². The van der Waals surface area contributed by atoms with E-state index in [0.29, 0.717) is 12.1 Å². The molecule has 0 amide bonds. The Hall–Kier alpha value is -2.77. The van der Waals surface area contributed by atoms with Crippen LogP contribution in [0.15, 0.2) is 54.6 Å². The standard InChI is InChI=1S/C17H18N2O5/c20-16(17(21)22)15(18-11-13-4-2-1-3-5-13)10-12-6-8-14(9-7-12)19(23)24/h1-9,15-16,18,20H,10-11H2,(H,21,22). The number of rotatable bonds is 8. The van der Waals surface area contributed by atoms with Crippen molar-refractivity contribution in [2.45, 2.75) is 25.1 Å². The van der Waals surface area contributed by atoms with Gasteiger partial charge in [-0.1, -0.05) is 42.5 Å². The zero-order valence-electron chi connectivity index (χ0n) is 12.8. The first-order chi connectivity index (χ1) is 11.5. The number of aliphatic hydroxyl groups is 1. The summed E-state index contributed by atoms with van der Waals surface area (Å²) in [5, 5.41) is 32.7. The Kier molecular flexibility index (Phi) is 6.00. The van der Waals surface area contributed by atoms with Crippen molar-refractivity contribution in [1.29, 1.82) is 0 Å². The Bertz CT molecular complexity index is 688. The van der Waals surface area contributed by atoms with E-state index in [4.69, 9.17) is 5.11 Å². The molecule has 7 heteroatoms. The normalized spacial score (nSPS) is 13.2. The fraction of sp³-hybridized carbons (Fsp3) is 0.235.